The van der Waals surface area contributed by atoms with Crippen LogP contribution in [0.15, 0.2) is 0 Å². The molecule has 0 saturated carbocycles. The Balaban J connectivity index is 5.15. The Morgan fingerprint density at radius 3 is 0.755 bits per heavy atom. The van der Waals surface area contributed by atoms with Gasteiger partial charge in [-0.05, 0) is 49.4 Å². The molecule has 0 fully saturated rings. The minimum atomic E-state index is -4.96. The van der Waals surface area contributed by atoms with E-state index >= 15 is 0 Å². The molecule has 3 N–H and O–H groups in total. The molecule has 558 valence electrons. The van der Waals surface area contributed by atoms with Crippen LogP contribution in [0, 0.1) is 23.7 Å². The molecule has 0 aliphatic rings. The molecule has 0 heterocycles. The molecule has 5 unspecified atom stereocenters. The normalized spacial score (nSPS) is 15.0. The molecular formula is C75H146O17P2. The lowest BCUT2D eigenvalue weighted by Gasteiger charge is -2.21. The summed E-state index contributed by atoms with van der Waals surface area (Å²) in [5, 5.41) is 10.6. The standard InChI is InChI=1S/C75H146O17P2/c1-9-66(6)52-44-36-28-24-20-18-16-14-12-13-15-17-19-21-25-29-39-47-55-72(77)85-61-70(91-74(79)57-49-41-30-26-22-23-27-35-43-51-65(4)5)63-89-93(81,82)87-59-69(76)60-88-94(83,84)90-64-71(92-75(80)58-50-42-34-32-38-46-54-68(8)11-3)62-86-73(78)56-48-40-33-31-37-45-53-67(7)10-2/h65-71,76H,9-64H2,1-8H3,(H,81,82)(H,83,84)/t66?,67?,68?,69-,70-,71-/m1/s1. The van der Waals surface area contributed by atoms with E-state index in [0.29, 0.717) is 25.7 Å². The van der Waals surface area contributed by atoms with Gasteiger partial charge in [0.15, 0.2) is 12.2 Å². The van der Waals surface area contributed by atoms with Crippen molar-refractivity contribution in [3.8, 4) is 0 Å². The smallest absolute Gasteiger partial charge is 0.462 e. The highest BCUT2D eigenvalue weighted by Gasteiger charge is 2.30. The Morgan fingerprint density at radius 2 is 0.511 bits per heavy atom. The van der Waals surface area contributed by atoms with Gasteiger partial charge in [-0.15, -0.1) is 0 Å². The second kappa shape index (κ2) is 64.4. The average Bonchev–Trinajstić information content (AvgIpc) is 3.39. The minimum Gasteiger partial charge on any atom is -0.462 e. The Labute approximate surface area is 575 Å². The molecule has 17 nitrogen and oxygen atoms in total. The molecule has 0 aromatic rings. The number of carbonyl (C=O) groups excluding carboxylic acids is 4. The van der Waals surface area contributed by atoms with Crippen LogP contribution in [0.5, 0.6) is 0 Å². The van der Waals surface area contributed by atoms with Gasteiger partial charge in [0.2, 0.25) is 0 Å². The topological polar surface area (TPSA) is 237 Å². The zero-order chi connectivity index (χ0) is 69.6. The number of ether oxygens (including phenoxy) is 4. The third-order valence-electron chi connectivity index (χ3n) is 18.4. The molecule has 0 rings (SSSR count). The van der Waals surface area contributed by atoms with E-state index in [2.05, 4.69) is 55.4 Å². The highest BCUT2D eigenvalue weighted by Crippen LogP contribution is 2.45. The highest BCUT2D eigenvalue weighted by atomic mass is 31.2. The summed E-state index contributed by atoms with van der Waals surface area (Å²) in [5.74, 6) is 0.933. The summed E-state index contributed by atoms with van der Waals surface area (Å²) in [5.41, 5.74) is 0. The van der Waals surface area contributed by atoms with E-state index < -0.39 is 97.5 Å². The Bertz CT molecular complexity index is 1860. The first-order valence-electron chi connectivity index (χ1n) is 38.8. The summed E-state index contributed by atoms with van der Waals surface area (Å²) in [4.78, 5) is 72.7. The van der Waals surface area contributed by atoms with E-state index in [4.69, 9.17) is 37.0 Å². The molecule has 0 amide bonds. The molecule has 0 radical (unpaired) electrons. The van der Waals surface area contributed by atoms with Crippen molar-refractivity contribution in [3.63, 3.8) is 0 Å². The van der Waals surface area contributed by atoms with Crippen molar-refractivity contribution in [2.24, 2.45) is 23.7 Å². The number of carbonyl (C=O) groups is 4. The zero-order valence-corrected chi connectivity index (χ0v) is 63.4. The maximum atomic E-state index is 13.1. The fourth-order valence-corrected chi connectivity index (χ4v) is 12.9. The van der Waals surface area contributed by atoms with Crippen LogP contribution in [0.4, 0.5) is 0 Å². The molecule has 0 aliphatic heterocycles. The van der Waals surface area contributed by atoms with Crippen LogP contribution in [0.3, 0.4) is 0 Å². The number of aliphatic hydroxyl groups is 1. The van der Waals surface area contributed by atoms with E-state index in [-0.39, 0.29) is 25.7 Å². The van der Waals surface area contributed by atoms with Crippen LogP contribution in [0.25, 0.3) is 0 Å². The first-order valence-corrected chi connectivity index (χ1v) is 41.8. The van der Waals surface area contributed by atoms with Crippen molar-refractivity contribution < 1.29 is 80.2 Å². The van der Waals surface area contributed by atoms with Crippen LogP contribution in [-0.4, -0.2) is 96.7 Å². The Hall–Kier alpha value is -1.94. The monoisotopic (exact) mass is 1380 g/mol. The first-order chi connectivity index (χ1) is 45.2. The van der Waals surface area contributed by atoms with Gasteiger partial charge in [-0.3, -0.25) is 37.3 Å². The Kier molecular flexibility index (Phi) is 63.1. The van der Waals surface area contributed by atoms with Gasteiger partial charge >= 0.3 is 39.5 Å². The van der Waals surface area contributed by atoms with Crippen LogP contribution >= 0.6 is 15.6 Å². The van der Waals surface area contributed by atoms with E-state index in [9.17, 15) is 43.2 Å². The number of esters is 4. The molecule has 0 spiro atoms. The maximum Gasteiger partial charge on any atom is 0.472 e. The molecule has 0 aliphatic carbocycles. The number of rotatable bonds is 72. The molecule has 19 heteroatoms. The molecule has 0 saturated heterocycles. The summed E-state index contributed by atoms with van der Waals surface area (Å²) in [6, 6.07) is 0. The molecular weight excluding hydrogens is 1230 g/mol. The fourth-order valence-electron chi connectivity index (χ4n) is 11.3. The quantitative estimate of drug-likeness (QED) is 0.0222. The lowest BCUT2D eigenvalue weighted by atomic mass is 9.99. The van der Waals surface area contributed by atoms with Crippen molar-refractivity contribution in [3.05, 3.63) is 0 Å². The number of hydrogen-bond acceptors (Lipinski definition) is 15. The van der Waals surface area contributed by atoms with Crippen molar-refractivity contribution >= 4 is 39.5 Å². The third kappa shape index (κ3) is 64.7. The molecule has 94 heavy (non-hydrogen) atoms. The predicted octanol–water partition coefficient (Wildman–Crippen LogP) is 21.7. The second-order valence-corrected chi connectivity index (χ2v) is 31.1. The summed E-state index contributed by atoms with van der Waals surface area (Å²) >= 11 is 0. The second-order valence-electron chi connectivity index (χ2n) is 28.2. The minimum absolute atomic E-state index is 0.102. The lowest BCUT2D eigenvalue weighted by molar-refractivity contribution is -0.161. The van der Waals surface area contributed by atoms with Crippen molar-refractivity contribution in [2.45, 2.75) is 395 Å². The predicted molar refractivity (Wildman–Crippen MR) is 381 cm³/mol. The van der Waals surface area contributed by atoms with Gasteiger partial charge in [0, 0.05) is 25.7 Å². The van der Waals surface area contributed by atoms with Crippen molar-refractivity contribution in [1.29, 1.82) is 0 Å². The van der Waals surface area contributed by atoms with Crippen molar-refractivity contribution in [2.75, 3.05) is 39.6 Å². The van der Waals surface area contributed by atoms with Gasteiger partial charge in [-0.25, -0.2) is 9.13 Å². The number of phosphoric acid groups is 2. The number of unbranched alkanes of at least 4 members (excludes halogenated alkanes) is 35. The third-order valence-corrected chi connectivity index (χ3v) is 20.3. The summed E-state index contributed by atoms with van der Waals surface area (Å²) in [6.07, 6.45) is 48.8. The molecule has 0 bridgehead atoms. The lowest BCUT2D eigenvalue weighted by Crippen LogP contribution is -2.30. The van der Waals surface area contributed by atoms with Crippen LogP contribution in [0.2, 0.25) is 0 Å². The largest absolute Gasteiger partial charge is 0.472 e. The fraction of sp³-hybridized carbons (Fsp3) is 0.947. The summed E-state index contributed by atoms with van der Waals surface area (Å²) in [6.45, 7) is 14.1. The van der Waals surface area contributed by atoms with E-state index in [1.807, 2.05) is 0 Å². The van der Waals surface area contributed by atoms with Gasteiger partial charge < -0.3 is 33.8 Å². The number of hydrogen-bond donors (Lipinski definition) is 3. The molecule has 0 aromatic carbocycles. The molecule has 0 aromatic heterocycles. The van der Waals surface area contributed by atoms with Gasteiger partial charge in [-0.2, -0.15) is 0 Å². The van der Waals surface area contributed by atoms with Gasteiger partial charge in [0.25, 0.3) is 0 Å². The zero-order valence-electron chi connectivity index (χ0n) is 61.6. The van der Waals surface area contributed by atoms with E-state index in [0.717, 1.165) is 120 Å². The van der Waals surface area contributed by atoms with E-state index in [1.165, 1.54) is 173 Å². The van der Waals surface area contributed by atoms with Crippen LogP contribution in [-0.2, 0) is 65.4 Å². The summed E-state index contributed by atoms with van der Waals surface area (Å²) < 4.78 is 68.4. The SMILES string of the molecule is CCC(C)CCCCCCCCCCCCCCCCCCCCC(=O)OC[C@H](COP(=O)(O)OC[C@@H](O)COP(=O)(O)OC[C@@H](COC(=O)CCCCCCCCC(C)CC)OC(=O)CCCCCCCCC(C)CC)OC(=O)CCCCCCCCCCCC(C)C. The summed E-state index contributed by atoms with van der Waals surface area (Å²) in [7, 11) is -9.91. The van der Waals surface area contributed by atoms with Gasteiger partial charge in [0.05, 0.1) is 26.4 Å². The average molecular weight is 1380 g/mol. The number of aliphatic hydroxyl groups excluding tert-OH is 1. The maximum absolute atomic E-state index is 13.1. The van der Waals surface area contributed by atoms with Gasteiger partial charge in [0.1, 0.15) is 19.3 Å². The molecule has 8 atom stereocenters. The first kappa shape index (κ1) is 92.1. The van der Waals surface area contributed by atoms with Gasteiger partial charge in [-0.1, -0.05) is 325 Å². The number of phosphoric ester groups is 2. The van der Waals surface area contributed by atoms with E-state index in [1.54, 1.807) is 0 Å². The highest BCUT2D eigenvalue weighted by molar-refractivity contribution is 7.47. The van der Waals surface area contributed by atoms with Crippen molar-refractivity contribution in [1.82, 2.24) is 0 Å². The Morgan fingerprint density at radius 1 is 0.298 bits per heavy atom. The van der Waals surface area contributed by atoms with Crippen LogP contribution < -0.4 is 0 Å². The van der Waals surface area contributed by atoms with Crippen LogP contribution in [0.1, 0.15) is 376 Å².